The number of nitrogens with one attached hydrogen (secondary N) is 2. The minimum Gasteiger partial charge on any atom is -0.484 e. The molecule has 0 atom stereocenters. The number of benzene rings is 5. The van der Waals surface area contributed by atoms with Gasteiger partial charge in [0.15, 0.2) is 13.2 Å². The Morgan fingerprint density at radius 3 is 1.38 bits per heavy atom. The molecule has 2 amide bonds. The van der Waals surface area contributed by atoms with E-state index in [0.29, 0.717) is 11.5 Å². The highest BCUT2D eigenvalue weighted by Gasteiger charge is 2.04. The van der Waals surface area contributed by atoms with Gasteiger partial charge >= 0.3 is 0 Å². The number of ether oxygens (including phenoxy) is 2. The predicted octanol–water partition coefficient (Wildman–Crippen LogP) is 5.05. The quantitative estimate of drug-likeness (QED) is 0.195. The van der Waals surface area contributed by atoms with Gasteiger partial charge in [-0.3, -0.25) is 9.59 Å². The van der Waals surface area contributed by atoms with Gasteiger partial charge in [-0.15, -0.1) is 0 Å². The van der Waals surface area contributed by atoms with E-state index in [2.05, 4.69) is 21.1 Å². The third-order valence-corrected chi connectivity index (χ3v) is 5.92. The van der Waals surface area contributed by atoms with E-state index in [9.17, 15) is 9.59 Å². The number of rotatable bonds is 10. The highest BCUT2D eigenvalue weighted by atomic mass is 16.5. The molecule has 0 aromatic heterocycles. The Kier molecular flexibility index (Phi) is 8.38. The molecule has 0 saturated carbocycles. The highest BCUT2D eigenvalue weighted by molar-refractivity contribution is 5.87. The van der Waals surface area contributed by atoms with Crippen LogP contribution in [0.1, 0.15) is 11.1 Å². The lowest BCUT2D eigenvalue weighted by Gasteiger charge is -2.06. The molecular formula is C32H26N4O4. The first-order valence-corrected chi connectivity index (χ1v) is 12.6. The van der Waals surface area contributed by atoms with Crippen LogP contribution in [0, 0.1) is 0 Å². The number of nitrogens with zero attached hydrogens (tertiary/aromatic N) is 2. The van der Waals surface area contributed by atoms with Crippen molar-refractivity contribution in [3.63, 3.8) is 0 Å². The van der Waals surface area contributed by atoms with Crippen LogP contribution in [0.15, 0.2) is 119 Å². The topological polar surface area (TPSA) is 101 Å². The van der Waals surface area contributed by atoms with Crippen molar-refractivity contribution in [1.82, 2.24) is 10.9 Å². The fraction of sp³-hybridized carbons (Fsp3) is 0.0625. The average molecular weight is 531 g/mol. The first kappa shape index (κ1) is 26.1. The Labute approximate surface area is 230 Å². The molecule has 5 rings (SSSR count). The highest BCUT2D eigenvalue weighted by Crippen LogP contribution is 2.21. The van der Waals surface area contributed by atoms with E-state index in [1.54, 1.807) is 0 Å². The minimum atomic E-state index is -0.367. The average Bonchev–Trinajstić information content (AvgIpc) is 2.99. The number of hydrogen-bond donors (Lipinski definition) is 2. The molecule has 8 heteroatoms. The fourth-order valence-corrected chi connectivity index (χ4v) is 3.90. The van der Waals surface area contributed by atoms with Crippen LogP contribution in [0.25, 0.3) is 21.5 Å². The SMILES string of the molecule is O=C(COc1ccc2ccccc2c1)NN=Cc1ccc(C=NNC(=O)COc2ccc3ccccc3c2)cc1. The van der Waals surface area contributed by atoms with Crippen molar-refractivity contribution in [1.29, 1.82) is 0 Å². The summed E-state index contributed by atoms with van der Waals surface area (Å²) in [5.74, 6) is 0.495. The Morgan fingerprint density at radius 1 is 0.550 bits per heavy atom. The monoisotopic (exact) mass is 530 g/mol. The van der Waals surface area contributed by atoms with Crippen molar-refractivity contribution in [3.8, 4) is 11.5 Å². The van der Waals surface area contributed by atoms with Crippen molar-refractivity contribution in [2.24, 2.45) is 10.2 Å². The van der Waals surface area contributed by atoms with Crippen molar-refractivity contribution >= 4 is 45.8 Å². The first-order chi connectivity index (χ1) is 19.6. The number of carbonyl (C=O) groups excluding carboxylic acids is 2. The van der Waals surface area contributed by atoms with Crippen LogP contribution in [0.4, 0.5) is 0 Å². The summed E-state index contributed by atoms with van der Waals surface area (Å²) in [6, 6.07) is 34.5. The molecule has 0 bridgehead atoms. The number of hydrazone groups is 2. The van der Waals surface area contributed by atoms with Gasteiger partial charge in [0.2, 0.25) is 0 Å². The smallest absolute Gasteiger partial charge is 0.277 e. The molecule has 0 aliphatic carbocycles. The Hall–Kier alpha value is -5.50. The molecule has 40 heavy (non-hydrogen) atoms. The minimum absolute atomic E-state index is 0.149. The number of amides is 2. The van der Waals surface area contributed by atoms with Crippen LogP contribution >= 0.6 is 0 Å². The number of fused-ring (bicyclic) bond motifs is 2. The van der Waals surface area contributed by atoms with Gasteiger partial charge in [0, 0.05) is 0 Å². The molecule has 2 N–H and O–H groups in total. The molecule has 0 unspecified atom stereocenters. The standard InChI is InChI=1S/C32H26N4O4/c37-31(21-39-29-15-13-25-5-1-3-7-27(25)17-29)35-33-19-23-9-11-24(12-10-23)20-34-36-32(38)22-40-30-16-14-26-6-2-4-8-28(26)18-30/h1-20H,21-22H2,(H,35,37)(H,36,38). The molecule has 198 valence electrons. The van der Waals surface area contributed by atoms with Gasteiger partial charge in [0.05, 0.1) is 12.4 Å². The molecule has 0 radical (unpaired) electrons. The second-order valence-electron chi connectivity index (χ2n) is 8.85. The molecule has 0 saturated heterocycles. The second-order valence-corrected chi connectivity index (χ2v) is 8.85. The van der Waals surface area contributed by atoms with Gasteiger partial charge < -0.3 is 9.47 Å². The van der Waals surface area contributed by atoms with Gasteiger partial charge in [-0.2, -0.15) is 10.2 Å². The molecular weight excluding hydrogens is 504 g/mol. The summed E-state index contributed by atoms with van der Waals surface area (Å²) in [6.45, 7) is -0.297. The van der Waals surface area contributed by atoms with E-state index < -0.39 is 0 Å². The largest absolute Gasteiger partial charge is 0.484 e. The van der Waals surface area contributed by atoms with Crippen LogP contribution in [0.2, 0.25) is 0 Å². The predicted molar refractivity (Wildman–Crippen MR) is 157 cm³/mol. The van der Waals surface area contributed by atoms with Gasteiger partial charge in [-0.1, -0.05) is 84.9 Å². The summed E-state index contributed by atoms with van der Waals surface area (Å²) >= 11 is 0. The van der Waals surface area contributed by atoms with Crippen molar-refractivity contribution < 1.29 is 19.1 Å². The summed E-state index contributed by atoms with van der Waals surface area (Å²) in [5, 5.41) is 12.2. The molecule has 8 nitrogen and oxygen atoms in total. The summed E-state index contributed by atoms with van der Waals surface area (Å²) in [5.41, 5.74) is 6.46. The van der Waals surface area contributed by atoms with Gasteiger partial charge in [-0.05, 0) is 56.9 Å². The summed E-state index contributed by atoms with van der Waals surface area (Å²) in [7, 11) is 0. The van der Waals surface area contributed by atoms with Crippen LogP contribution in [-0.2, 0) is 9.59 Å². The zero-order valence-electron chi connectivity index (χ0n) is 21.5. The summed E-state index contributed by atoms with van der Waals surface area (Å²) in [4.78, 5) is 24.1. The van der Waals surface area contributed by atoms with E-state index in [-0.39, 0.29) is 25.0 Å². The van der Waals surface area contributed by atoms with Crippen LogP contribution in [0.5, 0.6) is 11.5 Å². The normalized spacial score (nSPS) is 11.2. The second kappa shape index (κ2) is 12.8. The molecule has 5 aromatic carbocycles. The molecule has 0 fully saturated rings. The third kappa shape index (κ3) is 7.29. The number of hydrogen-bond acceptors (Lipinski definition) is 6. The van der Waals surface area contributed by atoms with Crippen molar-refractivity contribution in [2.45, 2.75) is 0 Å². The summed E-state index contributed by atoms with van der Waals surface area (Å²) < 4.78 is 11.1. The Morgan fingerprint density at radius 2 is 0.950 bits per heavy atom. The van der Waals surface area contributed by atoms with Crippen molar-refractivity contribution in [2.75, 3.05) is 13.2 Å². The van der Waals surface area contributed by atoms with E-state index in [0.717, 1.165) is 32.7 Å². The molecule has 0 aliphatic rings. The third-order valence-electron chi connectivity index (χ3n) is 5.92. The van der Waals surface area contributed by atoms with Crippen LogP contribution < -0.4 is 20.3 Å². The van der Waals surface area contributed by atoms with Gasteiger partial charge in [0.1, 0.15) is 11.5 Å². The van der Waals surface area contributed by atoms with Crippen LogP contribution in [0.3, 0.4) is 0 Å². The Bertz CT molecular complexity index is 1570. The lowest BCUT2D eigenvalue weighted by atomic mass is 10.1. The van der Waals surface area contributed by atoms with Gasteiger partial charge in [-0.25, -0.2) is 10.9 Å². The van der Waals surface area contributed by atoms with E-state index in [1.807, 2.05) is 109 Å². The lowest BCUT2D eigenvalue weighted by molar-refractivity contribution is -0.123. The molecule has 0 heterocycles. The molecule has 5 aromatic rings. The fourth-order valence-electron chi connectivity index (χ4n) is 3.90. The number of carbonyl (C=O) groups is 2. The molecule has 0 spiro atoms. The van der Waals surface area contributed by atoms with E-state index in [4.69, 9.17) is 9.47 Å². The van der Waals surface area contributed by atoms with Crippen molar-refractivity contribution in [3.05, 3.63) is 120 Å². The van der Waals surface area contributed by atoms with Gasteiger partial charge in [0.25, 0.3) is 11.8 Å². The maximum Gasteiger partial charge on any atom is 0.277 e. The Balaban J connectivity index is 1.02. The summed E-state index contributed by atoms with van der Waals surface area (Å²) in [6.07, 6.45) is 3.06. The maximum atomic E-state index is 12.1. The lowest BCUT2D eigenvalue weighted by Crippen LogP contribution is -2.24. The zero-order chi connectivity index (χ0) is 27.6. The molecule has 0 aliphatic heterocycles. The van der Waals surface area contributed by atoms with E-state index in [1.165, 1.54) is 12.4 Å². The first-order valence-electron chi connectivity index (χ1n) is 12.6. The van der Waals surface area contributed by atoms with E-state index >= 15 is 0 Å². The van der Waals surface area contributed by atoms with Crippen LogP contribution in [-0.4, -0.2) is 37.5 Å². The maximum absolute atomic E-state index is 12.1. The zero-order valence-corrected chi connectivity index (χ0v) is 21.5.